The molecule has 2 aromatic heterocycles. The Morgan fingerprint density at radius 2 is 1.73 bits per heavy atom. The summed E-state index contributed by atoms with van der Waals surface area (Å²) in [6, 6.07) is 12.3. The smallest absolute Gasteiger partial charge is 0.316 e. The van der Waals surface area contributed by atoms with Crippen molar-refractivity contribution in [2.24, 2.45) is 0 Å². The molecule has 0 aliphatic carbocycles. The fourth-order valence-corrected chi connectivity index (χ4v) is 3.63. The Morgan fingerprint density at radius 3 is 2.40 bits per heavy atom. The van der Waals surface area contributed by atoms with Crippen LogP contribution in [0.5, 0.6) is 6.01 Å². The predicted octanol–water partition coefficient (Wildman–Crippen LogP) is 2.31. The fourth-order valence-electron chi connectivity index (χ4n) is 3.63. The molecule has 0 spiro atoms. The largest absolute Gasteiger partial charge is 0.467 e. The molecule has 0 amide bonds. The molecule has 1 saturated heterocycles. The van der Waals surface area contributed by atoms with Gasteiger partial charge in [0.15, 0.2) is 6.29 Å². The number of para-hydroxylation sites is 1. The minimum atomic E-state index is -0.361. The van der Waals surface area contributed by atoms with Gasteiger partial charge in [-0.1, -0.05) is 18.2 Å². The number of ether oxygens (including phenoxy) is 1. The number of pyridine rings is 1. The minimum Gasteiger partial charge on any atom is -0.467 e. The Balaban J connectivity index is 1.46. The second-order valence-electron chi connectivity index (χ2n) is 6.96. The van der Waals surface area contributed by atoms with Crippen LogP contribution in [0, 0.1) is 0 Å². The number of carbonyl (C=O) groups excluding carboxylic acids is 1. The first-order valence-electron chi connectivity index (χ1n) is 9.85. The lowest BCUT2D eigenvalue weighted by Crippen LogP contribution is -2.53. The van der Waals surface area contributed by atoms with Crippen LogP contribution in [0.3, 0.4) is 0 Å². The van der Waals surface area contributed by atoms with Gasteiger partial charge in [0.25, 0.3) is 0 Å². The summed E-state index contributed by atoms with van der Waals surface area (Å²) in [5.74, 6) is 0. The Kier molecular flexibility index (Phi) is 6.14. The Bertz CT molecular complexity index is 959. The summed E-state index contributed by atoms with van der Waals surface area (Å²) in [5, 5.41) is 3.27. The molecule has 3 heterocycles. The molecular weight excluding hydrogens is 380 g/mol. The van der Waals surface area contributed by atoms with Crippen molar-refractivity contribution in [3.05, 3.63) is 61.2 Å². The minimum absolute atomic E-state index is 0.353. The van der Waals surface area contributed by atoms with Gasteiger partial charge in [0, 0.05) is 73.5 Å². The van der Waals surface area contributed by atoms with Crippen LogP contribution in [0.4, 0.5) is 11.4 Å². The molecule has 3 aromatic rings. The van der Waals surface area contributed by atoms with Gasteiger partial charge in [-0.15, -0.1) is 0 Å². The average Bonchev–Trinajstić information content (AvgIpc) is 2.83. The topological polar surface area (TPSA) is 83.5 Å². The van der Waals surface area contributed by atoms with E-state index in [-0.39, 0.29) is 6.17 Å². The van der Waals surface area contributed by atoms with Gasteiger partial charge in [0.2, 0.25) is 0 Å². The SMILES string of the molecule is COc1ncc(-c2ccccc2N2CCN(C(C=O)Nc3ccncc3)CC2)cn1. The first kappa shape index (κ1) is 19.8. The molecule has 1 atom stereocenters. The first-order chi connectivity index (χ1) is 14.8. The zero-order valence-electron chi connectivity index (χ0n) is 16.8. The molecule has 0 saturated carbocycles. The van der Waals surface area contributed by atoms with Crippen molar-refractivity contribution in [1.29, 1.82) is 0 Å². The van der Waals surface area contributed by atoms with E-state index in [0.29, 0.717) is 6.01 Å². The normalized spacial score (nSPS) is 15.4. The van der Waals surface area contributed by atoms with E-state index >= 15 is 0 Å². The van der Waals surface area contributed by atoms with Crippen LogP contribution in [0.15, 0.2) is 61.2 Å². The van der Waals surface area contributed by atoms with Crippen LogP contribution in [-0.2, 0) is 4.79 Å². The van der Waals surface area contributed by atoms with Crippen molar-refractivity contribution in [2.75, 3.05) is 43.5 Å². The second kappa shape index (κ2) is 9.32. The zero-order valence-corrected chi connectivity index (χ0v) is 16.8. The molecule has 8 nitrogen and oxygen atoms in total. The molecule has 0 bridgehead atoms. The van der Waals surface area contributed by atoms with Crippen LogP contribution >= 0.6 is 0 Å². The highest BCUT2D eigenvalue weighted by molar-refractivity contribution is 5.78. The summed E-state index contributed by atoms with van der Waals surface area (Å²) < 4.78 is 5.06. The highest BCUT2D eigenvalue weighted by Crippen LogP contribution is 2.31. The number of aromatic nitrogens is 3. The third-order valence-electron chi connectivity index (χ3n) is 5.20. The third kappa shape index (κ3) is 4.38. The number of carbonyl (C=O) groups is 1. The molecule has 8 heteroatoms. The van der Waals surface area contributed by atoms with Crippen molar-refractivity contribution in [1.82, 2.24) is 19.9 Å². The molecular formula is C22H24N6O2. The number of benzene rings is 1. The molecule has 1 N–H and O–H groups in total. The predicted molar refractivity (Wildman–Crippen MR) is 116 cm³/mol. The number of hydrogen-bond donors (Lipinski definition) is 1. The first-order valence-corrected chi connectivity index (χ1v) is 9.85. The molecule has 0 radical (unpaired) electrons. The molecule has 1 aliphatic heterocycles. The maximum atomic E-state index is 11.7. The van der Waals surface area contributed by atoms with Crippen LogP contribution < -0.4 is 15.0 Å². The molecule has 1 aromatic carbocycles. The van der Waals surface area contributed by atoms with Gasteiger partial charge < -0.3 is 15.0 Å². The van der Waals surface area contributed by atoms with E-state index in [2.05, 4.69) is 42.2 Å². The molecule has 1 unspecified atom stereocenters. The zero-order chi connectivity index (χ0) is 20.8. The van der Waals surface area contributed by atoms with Crippen LogP contribution in [0.1, 0.15) is 0 Å². The van der Waals surface area contributed by atoms with E-state index in [4.69, 9.17) is 4.74 Å². The monoisotopic (exact) mass is 404 g/mol. The summed E-state index contributed by atoms with van der Waals surface area (Å²) in [5.41, 5.74) is 4.04. The van der Waals surface area contributed by atoms with Crippen LogP contribution in [0.25, 0.3) is 11.1 Å². The number of anilines is 2. The number of nitrogens with zero attached hydrogens (tertiary/aromatic N) is 5. The van der Waals surface area contributed by atoms with Crippen molar-refractivity contribution in [3.63, 3.8) is 0 Å². The number of rotatable bonds is 7. The van der Waals surface area contributed by atoms with Gasteiger partial charge in [0.05, 0.1) is 7.11 Å². The van der Waals surface area contributed by atoms with Gasteiger partial charge in [-0.05, 0) is 18.2 Å². The summed E-state index contributed by atoms with van der Waals surface area (Å²) >= 11 is 0. The Hall–Kier alpha value is -3.52. The van der Waals surface area contributed by atoms with E-state index in [9.17, 15) is 4.79 Å². The quantitative estimate of drug-likeness (QED) is 0.601. The van der Waals surface area contributed by atoms with Crippen molar-refractivity contribution in [2.45, 2.75) is 6.17 Å². The number of nitrogens with one attached hydrogen (secondary N) is 1. The van der Waals surface area contributed by atoms with E-state index in [1.807, 2.05) is 24.3 Å². The molecule has 4 rings (SSSR count). The number of hydrogen-bond acceptors (Lipinski definition) is 8. The van der Waals surface area contributed by atoms with E-state index in [1.165, 1.54) is 0 Å². The number of methoxy groups -OCH3 is 1. The van der Waals surface area contributed by atoms with E-state index in [0.717, 1.165) is 55.0 Å². The van der Waals surface area contributed by atoms with Gasteiger partial charge in [-0.25, -0.2) is 9.97 Å². The van der Waals surface area contributed by atoms with Gasteiger partial charge >= 0.3 is 6.01 Å². The molecule has 1 fully saturated rings. The lowest BCUT2D eigenvalue weighted by Gasteiger charge is -2.39. The van der Waals surface area contributed by atoms with Crippen molar-refractivity contribution in [3.8, 4) is 17.1 Å². The Labute approximate surface area is 175 Å². The fraction of sp³-hybridized carbons (Fsp3) is 0.273. The van der Waals surface area contributed by atoms with E-state index in [1.54, 1.807) is 31.9 Å². The van der Waals surface area contributed by atoms with Gasteiger partial charge in [-0.2, -0.15) is 0 Å². The van der Waals surface area contributed by atoms with Crippen LogP contribution in [0.2, 0.25) is 0 Å². The van der Waals surface area contributed by atoms with Crippen LogP contribution in [-0.4, -0.2) is 65.6 Å². The second-order valence-corrected chi connectivity index (χ2v) is 6.96. The summed E-state index contributed by atoms with van der Waals surface area (Å²) in [7, 11) is 1.55. The Morgan fingerprint density at radius 1 is 1.03 bits per heavy atom. The maximum absolute atomic E-state index is 11.7. The third-order valence-corrected chi connectivity index (χ3v) is 5.20. The molecule has 30 heavy (non-hydrogen) atoms. The van der Waals surface area contributed by atoms with Crippen molar-refractivity contribution < 1.29 is 9.53 Å². The maximum Gasteiger partial charge on any atom is 0.316 e. The van der Waals surface area contributed by atoms with E-state index < -0.39 is 0 Å². The highest BCUT2D eigenvalue weighted by atomic mass is 16.5. The summed E-state index contributed by atoms with van der Waals surface area (Å²) in [4.78, 5) is 28.7. The van der Waals surface area contributed by atoms with Gasteiger partial charge in [-0.3, -0.25) is 14.7 Å². The average molecular weight is 404 g/mol. The number of aldehydes is 1. The standard InChI is InChI=1S/C22H24N6O2/c1-30-22-24-14-17(15-25-22)19-4-2-3-5-20(19)27-10-12-28(13-11-27)21(16-29)26-18-6-8-23-9-7-18/h2-9,14-16,21H,10-13H2,1H3,(H,23,26). The highest BCUT2D eigenvalue weighted by Gasteiger charge is 2.25. The summed E-state index contributed by atoms with van der Waals surface area (Å²) in [6.45, 7) is 3.18. The lowest BCUT2D eigenvalue weighted by atomic mass is 10.1. The van der Waals surface area contributed by atoms with Crippen molar-refractivity contribution >= 4 is 17.7 Å². The molecule has 154 valence electrons. The van der Waals surface area contributed by atoms with Gasteiger partial charge in [0.1, 0.15) is 6.17 Å². The summed E-state index contributed by atoms with van der Waals surface area (Å²) in [6.07, 6.45) is 7.58. The molecule has 1 aliphatic rings. The number of piperazine rings is 1. The lowest BCUT2D eigenvalue weighted by molar-refractivity contribution is -0.111.